The zero-order valence-corrected chi connectivity index (χ0v) is 16.8. The van der Waals surface area contributed by atoms with Crippen LogP contribution in [0.4, 0.5) is 5.69 Å². The van der Waals surface area contributed by atoms with Crippen LogP contribution in [0.5, 0.6) is 0 Å². The van der Waals surface area contributed by atoms with Gasteiger partial charge in [-0.1, -0.05) is 45.0 Å². The number of nitrogens with two attached hydrogens (primary N) is 1. The molecule has 0 atom stereocenters. The molecule has 1 saturated heterocycles. The van der Waals surface area contributed by atoms with Gasteiger partial charge in [-0.05, 0) is 72.2 Å². The van der Waals surface area contributed by atoms with Crippen molar-refractivity contribution in [3.63, 3.8) is 0 Å². The molecule has 3 heteroatoms. The molecule has 3 aromatic rings. The lowest BCUT2D eigenvalue weighted by Crippen LogP contribution is -2.26. The fourth-order valence-corrected chi connectivity index (χ4v) is 4.24. The number of nitrogens with one attached hydrogen (secondary N) is 1. The van der Waals surface area contributed by atoms with Crippen LogP contribution in [-0.2, 0) is 12.0 Å². The summed E-state index contributed by atoms with van der Waals surface area (Å²) in [7, 11) is 0. The van der Waals surface area contributed by atoms with Crippen molar-refractivity contribution in [3.05, 3.63) is 65.4 Å². The van der Waals surface area contributed by atoms with E-state index in [1.807, 2.05) is 6.07 Å². The van der Waals surface area contributed by atoms with Gasteiger partial charge in [0, 0.05) is 29.3 Å². The van der Waals surface area contributed by atoms with E-state index in [0.717, 1.165) is 25.3 Å². The molecule has 0 bridgehead atoms. The quantitative estimate of drug-likeness (QED) is 0.642. The number of nitrogen functional groups attached to an aromatic ring is 1. The zero-order chi connectivity index (χ0) is 19.0. The number of hydrogen-bond acceptors (Lipinski definition) is 2. The van der Waals surface area contributed by atoms with Gasteiger partial charge in [0.2, 0.25) is 0 Å². The van der Waals surface area contributed by atoms with E-state index in [4.69, 9.17) is 5.73 Å². The predicted molar refractivity (Wildman–Crippen MR) is 115 cm³/mol. The molecule has 0 radical (unpaired) electrons. The molecular weight excluding hydrogens is 330 g/mol. The van der Waals surface area contributed by atoms with Gasteiger partial charge in [-0.25, -0.2) is 0 Å². The maximum atomic E-state index is 6.12. The summed E-state index contributed by atoms with van der Waals surface area (Å²) in [5.74, 6) is 0.625. The Hall–Kier alpha value is -2.26. The lowest BCUT2D eigenvalue weighted by atomic mass is 9.87. The van der Waals surface area contributed by atoms with Crippen molar-refractivity contribution in [2.45, 2.75) is 51.5 Å². The van der Waals surface area contributed by atoms with Crippen LogP contribution < -0.4 is 11.1 Å². The molecule has 0 amide bonds. The highest BCUT2D eigenvalue weighted by Gasteiger charge is 2.20. The monoisotopic (exact) mass is 361 g/mol. The molecule has 2 heterocycles. The van der Waals surface area contributed by atoms with Crippen molar-refractivity contribution in [1.82, 2.24) is 9.88 Å². The summed E-state index contributed by atoms with van der Waals surface area (Å²) in [5, 5.41) is 4.80. The number of anilines is 1. The second-order valence-electron chi connectivity index (χ2n) is 8.96. The Bertz CT molecular complexity index is 923. The van der Waals surface area contributed by atoms with Crippen molar-refractivity contribution in [2.24, 2.45) is 0 Å². The van der Waals surface area contributed by atoms with E-state index in [2.05, 4.69) is 73.3 Å². The van der Waals surface area contributed by atoms with E-state index in [0.29, 0.717) is 5.92 Å². The maximum Gasteiger partial charge on any atom is 0.0487 e. The number of aromatic nitrogens is 1. The first-order valence-electron chi connectivity index (χ1n) is 10.1. The Morgan fingerprint density at radius 1 is 1.04 bits per heavy atom. The van der Waals surface area contributed by atoms with Crippen LogP contribution in [-0.4, -0.2) is 17.7 Å². The van der Waals surface area contributed by atoms with Crippen LogP contribution in [0.3, 0.4) is 0 Å². The molecule has 27 heavy (non-hydrogen) atoms. The van der Waals surface area contributed by atoms with Crippen LogP contribution >= 0.6 is 0 Å². The Morgan fingerprint density at radius 2 is 1.74 bits per heavy atom. The third-order valence-corrected chi connectivity index (χ3v) is 5.89. The largest absolute Gasteiger partial charge is 0.399 e. The minimum atomic E-state index is 0.193. The molecule has 4 rings (SSSR count). The molecule has 0 aliphatic carbocycles. The molecule has 142 valence electrons. The SMILES string of the molecule is CC(C)(C)c1ccc(Cn2cc(C3CCNCC3)c3cc(N)ccc32)cc1. The highest BCUT2D eigenvalue weighted by atomic mass is 15.0. The van der Waals surface area contributed by atoms with Crippen molar-refractivity contribution in [1.29, 1.82) is 0 Å². The van der Waals surface area contributed by atoms with E-state index in [1.54, 1.807) is 0 Å². The predicted octanol–water partition coefficient (Wildman–Crippen LogP) is 5.04. The van der Waals surface area contributed by atoms with Gasteiger partial charge in [-0.3, -0.25) is 0 Å². The van der Waals surface area contributed by atoms with E-state index >= 15 is 0 Å². The average Bonchev–Trinajstić information content (AvgIpc) is 3.00. The van der Waals surface area contributed by atoms with Gasteiger partial charge < -0.3 is 15.6 Å². The Labute approximate surface area is 162 Å². The molecule has 2 aromatic carbocycles. The lowest BCUT2D eigenvalue weighted by Gasteiger charge is -2.22. The minimum Gasteiger partial charge on any atom is -0.399 e. The van der Waals surface area contributed by atoms with Crippen LogP contribution in [0.25, 0.3) is 10.9 Å². The van der Waals surface area contributed by atoms with Crippen LogP contribution in [0.15, 0.2) is 48.7 Å². The molecule has 1 aliphatic heterocycles. The van der Waals surface area contributed by atoms with E-state index < -0.39 is 0 Å². The van der Waals surface area contributed by atoms with Gasteiger partial charge in [0.15, 0.2) is 0 Å². The summed E-state index contributed by atoms with van der Waals surface area (Å²) in [6.45, 7) is 9.89. The van der Waals surface area contributed by atoms with Gasteiger partial charge in [0.25, 0.3) is 0 Å². The standard InChI is InChI=1S/C24H31N3/c1-24(2,3)19-6-4-17(5-7-19)15-27-16-22(18-10-12-26-13-11-18)21-14-20(25)8-9-23(21)27/h4-9,14,16,18,26H,10-13,15,25H2,1-3H3. The third kappa shape index (κ3) is 3.74. The fraction of sp³-hybridized carbons (Fsp3) is 0.417. The van der Waals surface area contributed by atoms with Crippen molar-refractivity contribution >= 4 is 16.6 Å². The lowest BCUT2D eigenvalue weighted by molar-refractivity contribution is 0.461. The van der Waals surface area contributed by atoms with Crippen molar-refractivity contribution < 1.29 is 0 Å². The first-order chi connectivity index (χ1) is 12.9. The number of piperidine rings is 1. The summed E-state index contributed by atoms with van der Waals surface area (Å²) < 4.78 is 2.40. The molecular formula is C24H31N3. The van der Waals surface area contributed by atoms with Gasteiger partial charge in [0.05, 0.1) is 0 Å². The van der Waals surface area contributed by atoms with Gasteiger partial charge in [-0.2, -0.15) is 0 Å². The molecule has 0 saturated carbocycles. The van der Waals surface area contributed by atoms with E-state index in [9.17, 15) is 0 Å². The molecule has 1 aliphatic rings. The first-order valence-corrected chi connectivity index (χ1v) is 10.1. The number of benzene rings is 2. The number of nitrogens with zero attached hydrogens (tertiary/aromatic N) is 1. The second kappa shape index (κ2) is 7.05. The third-order valence-electron chi connectivity index (χ3n) is 5.89. The van der Waals surface area contributed by atoms with Gasteiger partial charge in [0.1, 0.15) is 0 Å². The molecule has 3 N–H and O–H groups in total. The molecule has 0 unspecified atom stereocenters. The second-order valence-corrected chi connectivity index (χ2v) is 8.96. The van der Waals surface area contributed by atoms with Crippen LogP contribution in [0.1, 0.15) is 56.2 Å². The number of hydrogen-bond donors (Lipinski definition) is 2. The smallest absolute Gasteiger partial charge is 0.0487 e. The van der Waals surface area contributed by atoms with Gasteiger partial charge in [-0.15, -0.1) is 0 Å². The highest BCUT2D eigenvalue weighted by molar-refractivity contribution is 5.87. The molecule has 3 nitrogen and oxygen atoms in total. The first kappa shape index (κ1) is 18.1. The summed E-state index contributed by atoms with van der Waals surface area (Å²) in [6, 6.07) is 15.4. The molecule has 1 aromatic heterocycles. The molecule has 0 spiro atoms. The van der Waals surface area contributed by atoms with Crippen molar-refractivity contribution in [2.75, 3.05) is 18.8 Å². The normalized spacial score (nSPS) is 16.1. The Kier molecular flexibility index (Phi) is 4.73. The highest BCUT2D eigenvalue weighted by Crippen LogP contribution is 2.34. The Balaban J connectivity index is 1.69. The van der Waals surface area contributed by atoms with Crippen LogP contribution in [0.2, 0.25) is 0 Å². The fourth-order valence-electron chi connectivity index (χ4n) is 4.24. The minimum absolute atomic E-state index is 0.193. The van der Waals surface area contributed by atoms with E-state index in [1.165, 1.54) is 40.4 Å². The van der Waals surface area contributed by atoms with Crippen molar-refractivity contribution in [3.8, 4) is 0 Å². The summed E-state index contributed by atoms with van der Waals surface area (Å²) in [4.78, 5) is 0. The van der Waals surface area contributed by atoms with Crippen LogP contribution in [0, 0.1) is 0 Å². The average molecular weight is 362 g/mol. The van der Waals surface area contributed by atoms with Gasteiger partial charge >= 0.3 is 0 Å². The summed E-state index contributed by atoms with van der Waals surface area (Å²) >= 11 is 0. The van der Waals surface area contributed by atoms with E-state index in [-0.39, 0.29) is 5.41 Å². The Morgan fingerprint density at radius 3 is 2.41 bits per heavy atom. The molecule has 1 fully saturated rings. The maximum absolute atomic E-state index is 6.12. The summed E-state index contributed by atoms with van der Waals surface area (Å²) in [5.41, 5.74) is 12.6. The topological polar surface area (TPSA) is 43.0 Å². The zero-order valence-electron chi connectivity index (χ0n) is 16.8. The number of fused-ring (bicyclic) bond motifs is 1. The summed E-state index contributed by atoms with van der Waals surface area (Å²) in [6.07, 6.45) is 4.78. The number of rotatable bonds is 3.